The molecule has 0 aromatic rings. The SMILES string of the molecule is CCN1CC2(CCC1=O)CCN(C(=O)CC1CN(C)CCN1C)CC2. The Bertz CT molecular complexity index is 502. The third-order valence-corrected chi connectivity index (χ3v) is 6.70. The van der Waals surface area contributed by atoms with E-state index in [0.29, 0.717) is 30.7 Å². The molecule has 6 heteroatoms. The quantitative estimate of drug-likeness (QED) is 0.758. The number of likely N-dealkylation sites (tertiary alicyclic amines) is 2. The molecule has 142 valence electrons. The number of likely N-dealkylation sites (N-methyl/N-ethyl adjacent to an activating group) is 2. The number of hydrogen-bond acceptors (Lipinski definition) is 4. The van der Waals surface area contributed by atoms with Gasteiger partial charge in [-0.15, -0.1) is 0 Å². The van der Waals surface area contributed by atoms with Gasteiger partial charge in [-0.2, -0.15) is 0 Å². The second-order valence-electron chi connectivity index (χ2n) is 8.39. The minimum atomic E-state index is 0.253. The first-order valence-corrected chi connectivity index (χ1v) is 9.87. The van der Waals surface area contributed by atoms with E-state index in [1.54, 1.807) is 0 Å². The summed E-state index contributed by atoms with van der Waals surface area (Å²) in [5, 5.41) is 0. The molecule has 0 bridgehead atoms. The lowest BCUT2D eigenvalue weighted by atomic mass is 9.72. The Labute approximate surface area is 152 Å². The second-order valence-corrected chi connectivity index (χ2v) is 8.39. The molecule has 3 fully saturated rings. The second kappa shape index (κ2) is 7.62. The standard InChI is InChI=1S/C19H34N4O2/c1-4-22-15-19(6-5-17(22)24)7-9-23(10-8-19)18(25)13-16-14-20(2)11-12-21(16)3/h16H,4-15H2,1-3H3. The van der Waals surface area contributed by atoms with Crippen LogP contribution in [0.3, 0.4) is 0 Å². The monoisotopic (exact) mass is 350 g/mol. The predicted octanol–water partition coefficient (Wildman–Crippen LogP) is 0.873. The van der Waals surface area contributed by atoms with Crippen molar-refractivity contribution in [3.8, 4) is 0 Å². The summed E-state index contributed by atoms with van der Waals surface area (Å²) in [6.07, 6.45) is 4.40. The first-order valence-electron chi connectivity index (χ1n) is 9.87. The van der Waals surface area contributed by atoms with Gasteiger partial charge in [-0.1, -0.05) is 0 Å². The van der Waals surface area contributed by atoms with Crippen LogP contribution in [0.5, 0.6) is 0 Å². The molecular formula is C19H34N4O2. The summed E-state index contributed by atoms with van der Waals surface area (Å²) < 4.78 is 0. The Morgan fingerprint density at radius 2 is 1.84 bits per heavy atom. The number of carbonyl (C=O) groups excluding carboxylic acids is 2. The van der Waals surface area contributed by atoms with Gasteiger partial charge < -0.3 is 19.6 Å². The summed E-state index contributed by atoms with van der Waals surface area (Å²) >= 11 is 0. The maximum Gasteiger partial charge on any atom is 0.224 e. The Kier molecular flexibility index (Phi) is 5.68. The molecule has 25 heavy (non-hydrogen) atoms. The van der Waals surface area contributed by atoms with E-state index in [0.717, 1.165) is 65.1 Å². The van der Waals surface area contributed by atoms with Crippen molar-refractivity contribution in [3.63, 3.8) is 0 Å². The predicted molar refractivity (Wildman–Crippen MR) is 98.3 cm³/mol. The van der Waals surface area contributed by atoms with Crippen LogP contribution in [0.4, 0.5) is 0 Å². The third-order valence-electron chi connectivity index (χ3n) is 6.70. The number of piperidine rings is 2. The van der Waals surface area contributed by atoms with Crippen LogP contribution in [0.25, 0.3) is 0 Å². The maximum atomic E-state index is 12.8. The highest BCUT2D eigenvalue weighted by atomic mass is 16.2. The van der Waals surface area contributed by atoms with Crippen LogP contribution >= 0.6 is 0 Å². The molecule has 1 atom stereocenters. The fourth-order valence-electron chi connectivity index (χ4n) is 4.68. The van der Waals surface area contributed by atoms with Gasteiger partial charge in [0.2, 0.25) is 11.8 Å². The van der Waals surface area contributed by atoms with E-state index in [9.17, 15) is 9.59 Å². The first kappa shape index (κ1) is 18.6. The van der Waals surface area contributed by atoms with Crippen LogP contribution < -0.4 is 0 Å². The van der Waals surface area contributed by atoms with Crippen LogP contribution in [0, 0.1) is 5.41 Å². The van der Waals surface area contributed by atoms with E-state index in [1.165, 1.54) is 0 Å². The van der Waals surface area contributed by atoms with Gasteiger partial charge in [-0.25, -0.2) is 0 Å². The van der Waals surface area contributed by atoms with Crippen LogP contribution in [0.1, 0.15) is 39.0 Å². The molecule has 1 unspecified atom stereocenters. The van der Waals surface area contributed by atoms with Gasteiger partial charge in [0.15, 0.2) is 0 Å². The zero-order chi connectivity index (χ0) is 18.0. The number of carbonyl (C=O) groups is 2. The highest BCUT2D eigenvalue weighted by Crippen LogP contribution is 2.40. The summed E-state index contributed by atoms with van der Waals surface area (Å²) in [4.78, 5) is 33.5. The fourth-order valence-corrected chi connectivity index (χ4v) is 4.68. The van der Waals surface area contributed by atoms with Gasteiger partial charge in [0.05, 0.1) is 0 Å². The average molecular weight is 351 g/mol. The lowest BCUT2D eigenvalue weighted by Gasteiger charge is -2.47. The number of nitrogens with zero attached hydrogens (tertiary/aromatic N) is 4. The topological polar surface area (TPSA) is 47.1 Å². The molecule has 0 aliphatic carbocycles. The largest absolute Gasteiger partial charge is 0.343 e. The van der Waals surface area contributed by atoms with Crippen molar-refractivity contribution in [2.24, 2.45) is 5.41 Å². The van der Waals surface area contributed by atoms with Crippen molar-refractivity contribution in [2.45, 2.75) is 45.1 Å². The van der Waals surface area contributed by atoms with Crippen LogP contribution in [0.2, 0.25) is 0 Å². The zero-order valence-corrected chi connectivity index (χ0v) is 16.2. The van der Waals surface area contributed by atoms with Gasteiger partial charge in [-0.3, -0.25) is 9.59 Å². The molecule has 3 aliphatic heterocycles. The molecule has 0 saturated carbocycles. The van der Waals surface area contributed by atoms with Crippen LogP contribution in [-0.4, -0.2) is 97.4 Å². The molecular weight excluding hydrogens is 316 g/mol. The zero-order valence-electron chi connectivity index (χ0n) is 16.2. The molecule has 0 aromatic heterocycles. The van der Waals surface area contributed by atoms with E-state index in [1.807, 2.05) is 4.90 Å². The fraction of sp³-hybridized carbons (Fsp3) is 0.895. The molecule has 1 spiro atoms. The summed E-state index contributed by atoms with van der Waals surface area (Å²) in [6, 6.07) is 0.338. The Morgan fingerprint density at radius 1 is 1.12 bits per heavy atom. The smallest absolute Gasteiger partial charge is 0.224 e. The molecule has 0 radical (unpaired) electrons. The van der Waals surface area contributed by atoms with Crippen LogP contribution in [-0.2, 0) is 9.59 Å². The summed E-state index contributed by atoms with van der Waals surface area (Å²) in [6.45, 7) is 8.58. The van der Waals surface area contributed by atoms with Gasteiger partial charge in [-0.05, 0) is 45.7 Å². The third kappa shape index (κ3) is 4.17. The molecule has 0 N–H and O–H groups in total. The molecule has 3 saturated heterocycles. The Morgan fingerprint density at radius 3 is 2.52 bits per heavy atom. The molecule has 0 aromatic carbocycles. The molecule has 3 heterocycles. The molecule has 3 rings (SSSR count). The highest BCUT2D eigenvalue weighted by Gasteiger charge is 2.41. The van der Waals surface area contributed by atoms with Gasteiger partial charge >= 0.3 is 0 Å². The van der Waals surface area contributed by atoms with Gasteiger partial charge in [0.25, 0.3) is 0 Å². The molecule has 3 aliphatic rings. The molecule has 6 nitrogen and oxygen atoms in total. The number of hydrogen-bond donors (Lipinski definition) is 0. The van der Waals surface area contributed by atoms with Crippen molar-refractivity contribution in [1.29, 1.82) is 0 Å². The van der Waals surface area contributed by atoms with Gasteiger partial charge in [0, 0.05) is 64.7 Å². The van der Waals surface area contributed by atoms with Gasteiger partial charge in [0.1, 0.15) is 0 Å². The number of amides is 2. The van der Waals surface area contributed by atoms with Crippen molar-refractivity contribution < 1.29 is 9.59 Å². The minimum Gasteiger partial charge on any atom is -0.343 e. The van der Waals surface area contributed by atoms with E-state index >= 15 is 0 Å². The van der Waals surface area contributed by atoms with Crippen molar-refractivity contribution in [2.75, 3.05) is 59.9 Å². The van der Waals surface area contributed by atoms with E-state index in [4.69, 9.17) is 0 Å². The molecule has 2 amide bonds. The Hall–Kier alpha value is -1.14. The lowest BCUT2D eigenvalue weighted by Crippen LogP contribution is -2.54. The van der Waals surface area contributed by atoms with Crippen molar-refractivity contribution in [3.05, 3.63) is 0 Å². The van der Waals surface area contributed by atoms with E-state index in [2.05, 4.69) is 35.7 Å². The summed E-state index contributed by atoms with van der Waals surface area (Å²) in [5.41, 5.74) is 0.253. The lowest BCUT2D eigenvalue weighted by molar-refractivity contribution is -0.142. The number of rotatable bonds is 3. The van der Waals surface area contributed by atoms with Crippen LogP contribution in [0.15, 0.2) is 0 Å². The summed E-state index contributed by atoms with van der Waals surface area (Å²) in [7, 11) is 4.27. The average Bonchev–Trinajstić information content (AvgIpc) is 2.61. The normalized spacial score (nSPS) is 28.6. The first-order chi connectivity index (χ1) is 11.9. The summed E-state index contributed by atoms with van der Waals surface area (Å²) in [5.74, 6) is 0.609. The highest BCUT2D eigenvalue weighted by molar-refractivity contribution is 5.78. The van der Waals surface area contributed by atoms with Crippen molar-refractivity contribution >= 4 is 11.8 Å². The maximum absolute atomic E-state index is 12.8. The minimum absolute atomic E-state index is 0.253. The number of piperazine rings is 1. The van der Waals surface area contributed by atoms with E-state index < -0.39 is 0 Å². The Balaban J connectivity index is 1.51. The van der Waals surface area contributed by atoms with E-state index in [-0.39, 0.29) is 5.41 Å². The van der Waals surface area contributed by atoms with Crippen molar-refractivity contribution in [1.82, 2.24) is 19.6 Å².